The Bertz CT molecular complexity index is 804. The van der Waals surface area contributed by atoms with E-state index >= 15 is 0 Å². The maximum Gasteiger partial charge on any atom is 0.262 e. The summed E-state index contributed by atoms with van der Waals surface area (Å²) in [5.41, 5.74) is 7.23. The number of anilines is 1. The molecule has 0 heterocycles. The van der Waals surface area contributed by atoms with Crippen LogP contribution < -0.4 is 10.5 Å². The first kappa shape index (κ1) is 15.9. The molecule has 2 rings (SSSR count). The van der Waals surface area contributed by atoms with E-state index in [-0.39, 0.29) is 9.88 Å². The minimum Gasteiger partial charge on any atom is -0.389 e. The largest absolute Gasteiger partial charge is 0.389 e. The molecule has 110 valence electrons. The molecule has 0 bridgehead atoms. The molecule has 21 heavy (non-hydrogen) atoms. The average Bonchev–Trinajstić information content (AvgIpc) is 2.42. The van der Waals surface area contributed by atoms with E-state index in [1.165, 1.54) is 6.07 Å². The van der Waals surface area contributed by atoms with Crippen LogP contribution in [-0.4, -0.2) is 13.4 Å². The van der Waals surface area contributed by atoms with Gasteiger partial charge in [0.05, 0.1) is 10.6 Å². The van der Waals surface area contributed by atoms with Gasteiger partial charge in [-0.05, 0) is 36.8 Å². The van der Waals surface area contributed by atoms with Gasteiger partial charge in [-0.3, -0.25) is 4.72 Å². The lowest BCUT2D eigenvalue weighted by Crippen LogP contribution is -2.20. The lowest BCUT2D eigenvalue weighted by molar-refractivity contribution is 0.601. The molecule has 7 heteroatoms. The molecule has 0 unspecified atom stereocenters. The zero-order valence-electron chi connectivity index (χ0n) is 11.1. The maximum atomic E-state index is 12.5. The van der Waals surface area contributed by atoms with Gasteiger partial charge in [-0.15, -0.1) is 0 Å². The van der Waals surface area contributed by atoms with Crippen molar-refractivity contribution in [2.75, 3.05) is 4.72 Å². The predicted octanol–water partition coefficient (Wildman–Crippen LogP) is 3.19. The van der Waals surface area contributed by atoms with Crippen LogP contribution in [0.2, 0.25) is 0 Å². The van der Waals surface area contributed by atoms with Crippen LogP contribution in [0.1, 0.15) is 11.1 Å². The Labute approximate surface area is 137 Å². The molecular weight excluding hydrogens is 372 g/mol. The van der Waals surface area contributed by atoms with Gasteiger partial charge in [-0.25, -0.2) is 8.42 Å². The van der Waals surface area contributed by atoms with E-state index in [9.17, 15) is 8.42 Å². The highest BCUT2D eigenvalue weighted by molar-refractivity contribution is 9.10. The summed E-state index contributed by atoms with van der Waals surface area (Å²) in [5.74, 6) is 0. The molecular formula is C14H13BrN2O2S2. The van der Waals surface area contributed by atoms with E-state index < -0.39 is 10.0 Å². The Hall–Kier alpha value is -1.44. The van der Waals surface area contributed by atoms with E-state index in [4.69, 9.17) is 18.0 Å². The smallest absolute Gasteiger partial charge is 0.262 e. The van der Waals surface area contributed by atoms with E-state index in [0.717, 1.165) is 10.0 Å². The Morgan fingerprint density at radius 3 is 2.52 bits per heavy atom. The fourth-order valence-electron chi connectivity index (χ4n) is 1.85. The van der Waals surface area contributed by atoms with E-state index in [1.807, 2.05) is 13.0 Å². The minimum absolute atomic E-state index is 0.0449. The number of nitrogens with two attached hydrogens (primary N) is 1. The van der Waals surface area contributed by atoms with Crippen molar-refractivity contribution in [1.29, 1.82) is 0 Å². The quantitative estimate of drug-likeness (QED) is 0.793. The van der Waals surface area contributed by atoms with Gasteiger partial charge >= 0.3 is 0 Å². The van der Waals surface area contributed by atoms with Crippen molar-refractivity contribution in [3.63, 3.8) is 0 Å². The zero-order valence-corrected chi connectivity index (χ0v) is 14.3. The van der Waals surface area contributed by atoms with E-state index in [2.05, 4.69) is 20.7 Å². The summed E-state index contributed by atoms with van der Waals surface area (Å²) < 4.78 is 28.5. The number of nitrogens with one attached hydrogen (secondary N) is 1. The Morgan fingerprint density at radius 1 is 1.24 bits per heavy atom. The third-order valence-electron chi connectivity index (χ3n) is 2.87. The molecule has 0 radical (unpaired) electrons. The normalized spacial score (nSPS) is 11.1. The summed E-state index contributed by atoms with van der Waals surface area (Å²) in [6.45, 7) is 1.82. The zero-order chi connectivity index (χ0) is 15.6. The van der Waals surface area contributed by atoms with Gasteiger partial charge < -0.3 is 5.73 Å². The number of sulfonamides is 1. The molecule has 4 nitrogen and oxygen atoms in total. The number of aryl methyl sites for hydroxylation is 1. The van der Waals surface area contributed by atoms with Crippen molar-refractivity contribution in [2.24, 2.45) is 5.73 Å². The summed E-state index contributed by atoms with van der Waals surface area (Å²) in [7, 11) is -3.76. The van der Waals surface area contributed by atoms with Crippen LogP contribution in [0.15, 0.2) is 51.8 Å². The summed E-state index contributed by atoms with van der Waals surface area (Å²) in [5, 5.41) is 0. The van der Waals surface area contributed by atoms with Gasteiger partial charge in [0.25, 0.3) is 10.0 Å². The summed E-state index contributed by atoms with van der Waals surface area (Å²) in [6.07, 6.45) is 0. The highest BCUT2D eigenvalue weighted by Crippen LogP contribution is 2.24. The lowest BCUT2D eigenvalue weighted by Gasteiger charge is -2.13. The SMILES string of the molecule is Cc1cc(Br)ccc1NS(=O)(=O)c1ccccc1C(N)=S. The lowest BCUT2D eigenvalue weighted by atomic mass is 10.2. The Kier molecular flexibility index (Phi) is 4.65. The standard InChI is InChI=1S/C14H13BrN2O2S2/c1-9-8-10(15)6-7-12(9)17-21(18,19)13-5-3-2-4-11(13)14(16)20/h2-8,17H,1H3,(H2,16,20). The fraction of sp³-hybridized carbons (Fsp3) is 0.0714. The number of benzene rings is 2. The molecule has 2 aromatic rings. The van der Waals surface area contributed by atoms with Crippen molar-refractivity contribution in [3.8, 4) is 0 Å². The number of rotatable bonds is 4. The van der Waals surface area contributed by atoms with Gasteiger partial charge in [-0.1, -0.05) is 46.3 Å². The van der Waals surface area contributed by atoms with Gasteiger partial charge in [0.2, 0.25) is 0 Å². The first-order chi connectivity index (χ1) is 9.81. The summed E-state index contributed by atoms with van der Waals surface area (Å²) >= 11 is 8.25. The molecule has 0 atom stereocenters. The number of halogens is 1. The second kappa shape index (κ2) is 6.13. The Morgan fingerprint density at radius 2 is 1.90 bits per heavy atom. The average molecular weight is 385 g/mol. The number of thiocarbonyl (C=S) groups is 1. The van der Waals surface area contributed by atoms with Crippen molar-refractivity contribution in [3.05, 3.63) is 58.1 Å². The van der Waals surface area contributed by atoms with Crippen LogP contribution in [0.3, 0.4) is 0 Å². The summed E-state index contributed by atoms with van der Waals surface area (Å²) in [6, 6.07) is 11.7. The number of hydrogen-bond acceptors (Lipinski definition) is 3. The van der Waals surface area contributed by atoms with Crippen LogP contribution in [0.5, 0.6) is 0 Å². The second-order valence-electron chi connectivity index (χ2n) is 4.43. The second-order valence-corrected chi connectivity index (χ2v) is 7.43. The van der Waals surface area contributed by atoms with Gasteiger partial charge in [0, 0.05) is 10.0 Å². The maximum absolute atomic E-state index is 12.5. The van der Waals surface area contributed by atoms with Gasteiger partial charge in [-0.2, -0.15) is 0 Å². The monoisotopic (exact) mass is 384 g/mol. The van der Waals surface area contributed by atoms with Crippen LogP contribution in [0.25, 0.3) is 0 Å². The first-order valence-electron chi connectivity index (χ1n) is 5.99. The van der Waals surface area contributed by atoms with Gasteiger partial charge in [0.1, 0.15) is 4.99 Å². The fourth-order valence-corrected chi connectivity index (χ4v) is 3.92. The van der Waals surface area contributed by atoms with Crippen molar-refractivity contribution >= 4 is 48.8 Å². The number of hydrogen-bond donors (Lipinski definition) is 2. The molecule has 0 aromatic heterocycles. The minimum atomic E-state index is -3.76. The van der Waals surface area contributed by atoms with Crippen molar-refractivity contribution in [2.45, 2.75) is 11.8 Å². The Balaban J connectivity index is 2.46. The molecule has 0 aliphatic heterocycles. The molecule has 0 aliphatic carbocycles. The molecule has 0 amide bonds. The van der Waals surface area contributed by atoms with Crippen LogP contribution in [-0.2, 0) is 10.0 Å². The summed E-state index contributed by atoms with van der Waals surface area (Å²) in [4.78, 5) is 0.114. The molecule has 0 fully saturated rings. The van der Waals surface area contributed by atoms with Crippen molar-refractivity contribution in [1.82, 2.24) is 0 Å². The third kappa shape index (κ3) is 3.61. The van der Waals surface area contributed by atoms with E-state index in [0.29, 0.717) is 11.3 Å². The van der Waals surface area contributed by atoms with E-state index in [1.54, 1.807) is 30.3 Å². The van der Waals surface area contributed by atoms with Crippen LogP contribution in [0.4, 0.5) is 5.69 Å². The molecule has 3 N–H and O–H groups in total. The molecule has 0 saturated carbocycles. The van der Waals surface area contributed by atoms with Crippen molar-refractivity contribution < 1.29 is 8.42 Å². The highest BCUT2D eigenvalue weighted by Gasteiger charge is 2.20. The molecule has 0 saturated heterocycles. The topological polar surface area (TPSA) is 72.2 Å². The third-order valence-corrected chi connectivity index (χ3v) is 5.01. The predicted molar refractivity (Wildman–Crippen MR) is 92.0 cm³/mol. The first-order valence-corrected chi connectivity index (χ1v) is 8.67. The highest BCUT2D eigenvalue weighted by atomic mass is 79.9. The van der Waals surface area contributed by atoms with Crippen LogP contribution in [0, 0.1) is 6.92 Å². The molecule has 0 spiro atoms. The van der Waals surface area contributed by atoms with Gasteiger partial charge in [0.15, 0.2) is 0 Å². The molecule has 0 aliphatic rings. The van der Waals surface area contributed by atoms with Crippen LogP contribution >= 0.6 is 28.1 Å². The molecule has 2 aromatic carbocycles.